The third-order valence-corrected chi connectivity index (χ3v) is 5.43. The Kier molecular flexibility index (Phi) is 4.49. The zero-order chi connectivity index (χ0) is 19.0. The van der Waals surface area contributed by atoms with E-state index in [1.54, 1.807) is 0 Å². The third-order valence-electron chi connectivity index (χ3n) is 4.57. The Hall–Kier alpha value is -2.99. The first-order valence-corrected chi connectivity index (χ1v) is 9.66. The van der Waals surface area contributed by atoms with Gasteiger partial charge in [0.15, 0.2) is 5.69 Å². The van der Waals surface area contributed by atoms with Crippen LogP contribution < -0.4 is 0 Å². The zero-order valence-corrected chi connectivity index (χ0v) is 16.3. The first-order valence-electron chi connectivity index (χ1n) is 8.85. The molecule has 0 spiro atoms. The summed E-state index contributed by atoms with van der Waals surface area (Å²) < 4.78 is 0. The zero-order valence-electron chi connectivity index (χ0n) is 15.4. The van der Waals surface area contributed by atoms with Gasteiger partial charge in [0.2, 0.25) is 11.0 Å². The molecule has 0 amide bonds. The summed E-state index contributed by atoms with van der Waals surface area (Å²) >= 11 is 1.49. The molecule has 2 aromatic heterocycles. The summed E-state index contributed by atoms with van der Waals surface area (Å²) in [5, 5.41) is 20.2. The predicted molar refractivity (Wildman–Crippen MR) is 111 cm³/mol. The van der Waals surface area contributed by atoms with Crippen LogP contribution in [-0.2, 0) is 6.42 Å². The van der Waals surface area contributed by atoms with E-state index in [-0.39, 0.29) is 5.88 Å². The Labute approximate surface area is 161 Å². The standard InChI is InChI=1S/C21H20N4OS/c1-4-14-7-10-17-16(11-14)19(20(26)22-17)24-25-21-23-18(13(3)27-21)15-8-5-12(2)6-9-15/h5-11,22,26H,4H2,1-3H3. The molecule has 0 aliphatic heterocycles. The SMILES string of the molecule is CCc1ccc2[nH]c(O)c(N=Nc3nc(-c4ccc(C)cc4)c(C)s3)c2c1. The second kappa shape index (κ2) is 6.96. The van der Waals surface area contributed by atoms with Gasteiger partial charge in [-0.25, -0.2) is 4.98 Å². The molecule has 0 unspecified atom stereocenters. The number of hydrogen-bond donors (Lipinski definition) is 2. The molecular weight excluding hydrogens is 356 g/mol. The van der Waals surface area contributed by atoms with E-state index >= 15 is 0 Å². The van der Waals surface area contributed by atoms with E-state index in [4.69, 9.17) is 0 Å². The van der Waals surface area contributed by atoms with Gasteiger partial charge in [-0.15, -0.1) is 10.2 Å². The van der Waals surface area contributed by atoms with Crippen molar-refractivity contribution in [2.24, 2.45) is 10.2 Å². The minimum atomic E-state index is 0.0223. The van der Waals surface area contributed by atoms with Gasteiger partial charge in [0, 0.05) is 15.8 Å². The van der Waals surface area contributed by atoms with Crippen molar-refractivity contribution in [2.45, 2.75) is 27.2 Å². The van der Waals surface area contributed by atoms with E-state index in [1.165, 1.54) is 22.5 Å². The monoisotopic (exact) mass is 376 g/mol. The van der Waals surface area contributed by atoms with Gasteiger partial charge in [-0.05, 0) is 38.0 Å². The van der Waals surface area contributed by atoms with E-state index in [1.807, 2.05) is 25.1 Å². The number of nitrogens with zero attached hydrogens (tertiary/aromatic N) is 3. The highest BCUT2D eigenvalue weighted by Gasteiger charge is 2.13. The van der Waals surface area contributed by atoms with Gasteiger partial charge >= 0.3 is 0 Å². The lowest BCUT2D eigenvalue weighted by Crippen LogP contribution is -1.80. The first-order chi connectivity index (χ1) is 13.0. The second-order valence-corrected chi connectivity index (χ2v) is 7.70. The fraction of sp³-hybridized carbons (Fsp3) is 0.190. The fourth-order valence-corrected chi connectivity index (χ4v) is 3.78. The maximum absolute atomic E-state index is 10.2. The minimum absolute atomic E-state index is 0.0223. The Bertz CT molecular complexity index is 1140. The second-order valence-electron chi connectivity index (χ2n) is 6.52. The van der Waals surface area contributed by atoms with Crippen LogP contribution in [-0.4, -0.2) is 15.1 Å². The van der Waals surface area contributed by atoms with Gasteiger partial charge in [0.1, 0.15) is 0 Å². The van der Waals surface area contributed by atoms with Gasteiger partial charge < -0.3 is 10.1 Å². The normalized spacial score (nSPS) is 11.7. The number of azo groups is 1. The lowest BCUT2D eigenvalue weighted by atomic mass is 10.1. The molecule has 0 radical (unpaired) electrons. The number of nitrogens with one attached hydrogen (secondary N) is 1. The van der Waals surface area contributed by atoms with Gasteiger partial charge in [-0.2, -0.15) is 0 Å². The number of aromatic nitrogens is 2. The molecule has 27 heavy (non-hydrogen) atoms. The van der Waals surface area contributed by atoms with Crippen molar-refractivity contribution in [1.82, 2.24) is 9.97 Å². The smallest absolute Gasteiger partial charge is 0.230 e. The average molecular weight is 376 g/mol. The van der Waals surface area contributed by atoms with Gasteiger partial charge in [0.25, 0.3) is 0 Å². The van der Waals surface area contributed by atoms with E-state index in [0.717, 1.165) is 33.5 Å². The van der Waals surface area contributed by atoms with Crippen molar-refractivity contribution < 1.29 is 5.11 Å². The molecule has 6 heteroatoms. The van der Waals surface area contributed by atoms with Crippen LogP contribution in [0.25, 0.3) is 22.2 Å². The molecule has 4 rings (SSSR count). The first kappa shape index (κ1) is 17.4. The van der Waals surface area contributed by atoms with Crippen LogP contribution in [0.15, 0.2) is 52.7 Å². The van der Waals surface area contributed by atoms with Crippen molar-refractivity contribution in [1.29, 1.82) is 0 Å². The van der Waals surface area contributed by atoms with Crippen LogP contribution >= 0.6 is 11.3 Å². The topological polar surface area (TPSA) is 73.6 Å². The fourth-order valence-electron chi connectivity index (χ4n) is 3.03. The van der Waals surface area contributed by atoms with Crippen LogP contribution in [0.1, 0.15) is 22.9 Å². The molecule has 0 aliphatic carbocycles. The van der Waals surface area contributed by atoms with E-state index in [9.17, 15) is 5.11 Å². The van der Waals surface area contributed by atoms with Crippen molar-refractivity contribution in [3.8, 4) is 17.1 Å². The molecule has 0 atom stereocenters. The Morgan fingerprint density at radius 3 is 2.59 bits per heavy atom. The van der Waals surface area contributed by atoms with Crippen molar-refractivity contribution >= 4 is 33.1 Å². The molecule has 2 heterocycles. The van der Waals surface area contributed by atoms with Crippen molar-refractivity contribution in [3.63, 3.8) is 0 Å². The Balaban J connectivity index is 1.69. The lowest BCUT2D eigenvalue weighted by Gasteiger charge is -1.98. The predicted octanol–water partition coefficient (Wildman–Crippen LogP) is 6.59. The number of benzene rings is 2. The van der Waals surface area contributed by atoms with Crippen LogP contribution in [0.2, 0.25) is 0 Å². The summed E-state index contributed by atoms with van der Waals surface area (Å²) in [4.78, 5) is 8.65. The lowest BCUT2D eigenvalue weighted by molar-refractivity contribution is 0.459. The Morgan fingerprint density at radius 2 is 1.85 bits per heavy atom. The van der Waals surface area contributed by atoms with Crippen LogP contribution in [0.5, 0.6) is 5.88 Å². The summed E-state index contributed by atoms with van der Waals surface area (Å²) in [7, 11) is 0. The number of thiazole rings is 1. The summed E-state index contributed by atoms with van der Waals surface area (Å²) in [6.45, 7) is 6.19. The molecule has 2 N–H and O–H groups in total. The third kappa shape index (κ3) is 3.36. The van der Waals surface area contributed by atoms with Crippen molar-refractivity contribution in [3.05, 3.63) is 58.5 Å². The molecule has 0 saturated heterocycles. The van der Waals surface area contributed by atoms with Gasteiger partial charge in [-0.3, -0.25) is 0 Å². The number of aryl methyl sites for hydroxylation is 3. The van der Waals surface area contributed by atoms with E-state index in [2.05, 4.69) is 58.3 Å². The molecule has 5 nitrogen and oxygen atoms in total. The molecule has 0 aliphatic rings. The van der Waals surface area contributed by atoms with Crippen LogP contribution in [0.4, 0.5) is 10.8 Å². The molecule has 4 aromatic rings. The maximum Gasteiger partial charge on any atom is 0.230 e. The molecule has 2 aromatic carbocycles. The van der Waals surface area contributed by atoms with Crippen LogP contribution in [0, 0.1) is 13.8 Å². The number of aromatic amines is 1. The number of fused-ring (bicyclic) bond motifs is 1. The molecule has 0 bridgehead atoms. The van der Waals surface area contributed by atoms with E-state index in [0.29, 0.717) is 10.8 Å². The van der Waals surface area contributed by atoms with Gasteiger partial charge in [0.05, 0.1) is 11.2 Å². The minimum Gasteiger partial charge on any atom is -0.493 e. The largest absolute Gasteiger partial charge is 0.493 e. The highest BCUT2D eigenvalue weighted by molar-refractivity contribution is 7.15. The summed E-state index contributed by atoms with van der Waals surface area (Å²) in [6, 6.07) is 14.3. The quantitative estimate of drug-likeness (QED) is 0.394. The van der Waals surface area contributed by atoms with Crippen molar-refractivity contribution in [2.75, 3.05) is 0 Å². The van der Waals surface area contributed by atoms with Crippen LogP contribution in [0.3, 0.4) is 0 Å². The molecule has 0 saturated carbocycles. The number of aromatic hydroxyl groups is 1. The average Bonchev–Trinajstić information content (AvgIpc) is 3.19. The molecule has 136 valence electrons. The highest BCUT2D eigenvalue weighted by Crippen LogP contribution is 2.38. The van der Waals surface area contributed by atoms with Gasteiger partial charge in [-0.1, -0.05) is 54.2 Å². The summed E-state index contributed by atoms with van der Waals surface area (Å²) in [5.74, 6) is 0.0223. The maximum atomic E-state index is 10.2. The summed E-state index contributed by atoms with van der Waals surface area (Å²) in [6.07, 6.45) is 0.921. The molecule has 0 fully saturated rings. The molecular formula is C21H20N4OS. The summed E-state index contributed by atoms with van der Waals surface area (Å²) in [5.41, 5.74) is 5.68. The number of H-pyrrole nitrogens is 1. The number of rotatable bonds is 4. The Morgan fingerprint density at radius 1 is 1.07 bits per heavy atom. The highest BCUT2D eigenvalue weighted by atomic mass is 32.1. The number of hydrogen-bond acceptors (Lipinski definition) is 5. The van der Waals surface area contributed by atoms with E-state index < -0.39 is 0 Å².